The molecular weight excluding hydrogens is 428 g/mol. The minimum absolute atomic E-state index is 0.436. The second-order valence-electron chi connectivity index (χ2n) is 14.0. The van der Waals surface area contributed by atoms with Crippen LogP contribution in [0.2, 0.25) is 0 Å². The zero-order valence-electron chi connectivity index (χ0n) is 24.4. The van der Waals surface area contributed by atoms with Crippen LogP contribution in [0.4, 0.5) is 0 Å². The zero-order chi connectivity index (χ0) is 25.2. The van der Waals surface area contributed by atoms with Gasteiger partial charge in [-0.15, -0.1) is 0 Å². The number of methoxy groups -OCH3 is 1. The summed E-state index contributed by atoms with van der Waals surface area (Å²) in [7, 11) is 1.78. The van der Waals surface area contributed by atoms with E-state index < -0.39 is 0 Å². The maximum absolute atomic E-state index is 6.28. The van der Waals surface area contributed by atoms with Gasteiger partial charge < -0.3 is 9.47 Å². The first-order valence-electron chi connectivity index (χ1n) is 15.5. The van der Waals surface area contributed by atoms with Crippen LogP contribution in [0, 0.1) is 52.3 Å². The molecule has 0 aliphatic heterocycles. The molecule has 0 bridgehead atoms. The van der Waals surface area contributed by atoms with Gasteiger partial charge in [-0.3, -0.25) is 0 Å². The summed E-state index contributed by atoms with van der Waals surface area (Å²) in [5, 5.41) is 0. The molecule has 0 spiro atoms. The van der Waals surface area contributed by atoms with Gasteiger partial charge in [0.15, 0.2) is 0 Å². The van der Waals surface area contributed by atoms with Crippen LogP contribution < -0.4 is 0 Å². The lowest BCUT2D eigenvalue weighted by Crippen LogP contribution is -2.51. The Labute approximate surface area is 218 Å². The highest BCUT2D eigenvalue weighted by Crippen LogP contribution is 2.67. The summed E-state index contributed by atoms with van der Waals surface area (Å²) in [5.74, 6) is 6.40. The highest BCUT2D eigenvalue weighted by Gasteiger charge is 2.59. The number of ether oxygens (including phenoxy) is 2. The topological polar surface area (TPSA) is 18.5 Å². The van der Waals surface area contributed by atoms with Gasteiger partial charge in [0.05, 0.1) is 6.10 Å². The number of allylic oxidation sites excluding steroid dienone is 1. The summed E-state index contributed by atoms with van der Waals surface area (Å²) in [6, 6.07) is 0. The first kappa shape index (κ1) is 27.7. The Morgan fingerprint density at radius 3 is 2.49 bits per heavy atom. The predicted molar refractivity (Wildman–Crippen MR) is 148 cm³/mol. The second kappa shape index (κ2) is 11.6. The van der Waals surface area contributed by atoms with E-state index in [-0.39, 0.29) is 0 Å². The highest BCUT2D eigenvalue weighted by atomic mass is 16.5. The minimum Gasteiger partial charge on any atom is -0.385 e. The number of rotatable bonds is 11. The van der Waals surface area contributed by atoms with E-state index in [0.717, 1.165) is 61.1 Å². The van der Waals surface area contributed by atoms with Crippen molar-refractivity contribution in [1.82, 2.24) is 0 Å². The molecule has 35 heavy (non-hydrogen) atoms. The molecule has 0 saturated heterocycles. The SMILES string of the molecule is CC[C@H](CC[C@@H](C)[C@H]1CC[C@H]2[C@@H]3CC=C4C[C@@H](OCCCOC)CC[C@]4(C)[C@H]3CC[C@]12C)C(C)C. The Balaban J connectivity index is 1.40. The van der Waals surface area contributed by atoms with E-state index in [9.17, 15) is 0 Å². The molecule has 0 unspecified atom stereocenters. The molecular formula is C33H58O2. The summed E-state index contributed by atoms with van der Waals surface area (Å²) >= 11 is 0. The van der Waals surface area contributed by atoms with Crippen molar-refractivity contribution in [2.45, 2.75) is 125 Å². The van der Waals surface area contributed by atoms with Crippen molar-refractivity contribution in [3.05, 3.63) is 11.6 Å². The summed E-state index contributed by atoms with van der Waals surface area (Å²) in [6.07, 6.45) is 19.5. The van der Waals surface area contributed by atoms with Gasteiger partial charge in [-0.25, -0.2) is 0 Å². The highest BCUT2D eigenvalue weighted by molar-refractivity contribution is 5.25. The number of fused-ring (bicyclic) bond motifs is 5. The molecule has 3 saturated carbocycles. The molecule has 0 aromatic rings. The average Bonchev–Trinajstić information content (AvgIpc) is 3.19. The van der Waals surface area contributed by atoms with Gasteiger partial charge in [-0.2, -0.15) is 0 Å². The van der Waals surface area contributed by atoms with E-state index in [0.29, 0.717) is 16.9 Å². The van der Waals surface area contributed by atoms with Gasteiger partial charge in [0.1, 0.15) is 0 Å². The van der Waals surface area contributed by atoms with Crippen molar-refractivity contribution in [1.29, 1.82) is 0 Å². The van der Waals surface area contributed by atoms with E-state index in [1.807, 2.05) is 0 Å². The fourth-order valence-electron chi connectivity index (χ4n) is 9.89. The number of hydrogen-bond acceptors (Lipinski definition) is 2. The first-order chi connectivity index (χ1) is 16.7. The van der Waals surface area contributed by atoms with E-state index in [2.05, 4.69) is 47.6 Å². The van der Waals surface area contributed by atoms with Gasteiger partial charge in [0.2, 0.25) is 0 Å². The third-order valence-electron chi connectivity index (χ3n) is 12.1. The molecule has 0 N–H and O–H groups in total. The van der Waals surface area contributed by atoms with Crippen molar-refractivity contribution in [2.24, 2.45) is 52.3 Å². The Bertz CT molecular complexity index is 712. The van der Waals surface area contributed by atoms with Crippen LogP contribution in [0.1, 0.15) is 119 Å². The monoisotopic (exact) mass is 486 g/mol. The van der Waals surface area contributed by atoms with Crippen LogP contribution in [-0.4, -0.2) is 26.4 Å². The van der Waals surface area contributed by atoms with E-state index in [1.54, 1.807) is 12.7 Å². The summed E-state index contributed by atoms with van der Waals surface area (Å²) in [5.41, 5.74) is 2.78. The molecule has 4 aliphatic rings. The fourth-order valence-corrected chi connectivity index (χ4v) is 9.89. The molecule has 0 amide bonds. The molecule has 4 rings (SSSR count). The molecule has 3 fully saturated rings. The molecule has 202 valence electrons. The molecule has 9 atom stereocenters. The molecule has 4 aliphatic carbocycles. The van der Waals surface area contributed by atoms with Gasteiger partial charge in [-0.05, 0) is 116 Å². The maximum atomic E-state index is 6.28. The van der Waals surface area contributed by atoms with E-state index in [1.165, 1.54) is 70.6 Å². The van der Waals surface area contributed by atoms with Crippen molar-refractivity contribution in [3.63, 3.8) is 0 Å². The summed E-state index contributed by atoms with van der Waals surface area (Å²) < 4.78 is 11.5. The Hall–Kier alpha value is -0.340. The summed E-state index contributed by atoms with van der Waals surface area (Å²) in [6.45, 7) is 16.9. The summed E-state index contributed by atoms with van der Waals surface area (Å²) in [4.78, 5) is 0. The van der Waals surface area contributed by atoms with Crippen molar-refractivity contribution in [3.8, 4) is 0 Å². The van der Waals surface area contributed by atoms with Crippen LogP contribution in [0.5, 0.6) is 0 Å². The molecule has 0 radical (unpaired) electrons. The number of hydrogen-bond donors (Lipinski definition) is 0. The smallest absolute Gasteiger partial charge is 0.0612 e. The van der Waals surface area contributed by atoms with Crippen LogP contribution in [0.25, 0.3) is 0 Å². The van der Waals surface area contributed by atoms with E-state index in [4.69, 9.17) is 9.47 Å². The van der Waals surface area contributed by atoms with Crippen molar-refractivity contribution in [2.75, 3.05) is 20.3 Å². The molecule has 0 aromatic heterocycles. The Kier molecular flexibility index (Phi) is 9.17. The molecule has 2 nitrogen and oxygen atoms in total. The van der Waals surface area contributed by atoms with Crippen molar-refractivity contribution >= 4 is 0 Å². The Morgan fingerprint density at radius 2 is 1.77 bits per heavy atom. The first-order valence-corrected chi connectivity index (χ1v) is 15.5. The second-order valence-corrected chi connectivity index (χ2v) is 14.0. The predicted octanol–water partition coefficient (Wildman–Crippen LogP) is 9.09. The van der Waals surface area contributed by atoms with Crippen LogP contribution in [0.15, 0.2) is 11.6 Å². The zero-order valence-corrected chi connectivity index (χ0v) is 24.4. The largest absolute Gasteiger partial charge is 0.385 e. The van der Waals surface area contributed by atoms with Crippen LogP contribution >= 0.6 is 0 Å². The molecule has 0 heterocycles. The van der Waals surface area contributed by atoms with Crippen LogP contribution in [0.3, 0.4) is 0 Å². The lowest BCUT2D eigenvalue weighted by atomic mass is 9.47. The van der Waals surface area contributed by atoms with Gasteiger partial charge in [0, 0.05) is 20.3 Å². The lowest BCUT2D eigenvalue weighted by molar-refractivity contribution is -0.0648. The standard InChI is InChI=1S/C33H58O2/c1-8-25(23(2)3)11-10-24(4)29-14-15-30-28-13-12-26-22-27(35-21-9-20-34-7)16-18-32(26,5)31(28)17-19-33(29,30)6/h12,23-25,27-31H,8-11,13-22H2,1-7H3/t24-,25-,27+,28+,29-,30+,31+,32+,33-/m1/s1. The average molecular weight is 487 g/mol. The quantitative estimate of drug-likeness (QED) is 0.214. The van der Waals surface area contributed by atoms with E-state index >= 15 is 0 Å². The normalized spacial score (nSPS) is 40.6. The third-order valence-corrected chi connectivity index (χ3v) is 12.1. The van der Waals surface area contributed by atoms with Gasteiger partial charge in [0.25, 0.3) is 0 Å². The van der Waals surface area contributed by atoms with Crippen LogP contribution in [-0.2, 0) is 9.47 Å². The van der Waals surface area contributed by atoms with Gasteiger partial charge in [-0.1, -0.05) is 66.0 Å². The third kappa shape index (κ3) is 5.45. The molecule has 0 aromatic carbocycles. The fraction of sp³-hybridized carbons (Fsp3) is 0.939. The molecule has 2 heteroatoms. The minimum atomic E-state index is 0.436. The van der Waals surface area contributed by atoms with Crippen molar-refractivity contribution < 1.29 is 9.47 Å². The lowest BCUT2D eigenvalue weighted by Gasteiger charge is -2.58. The Morgan fingerprint density at radius 1 is 0.971 bits per heavy atom. The van der Waals surface area contributed by atoms with Gasteiger partial charge >= 0.3 is 0 Å². The maximum Gasteiger partial charge on any atom is 0.0612 e.